The van der Waals surface area contributed by atoms with E-state index in [4.69, 9.17) is 11.6 Å². The van der Waals surface area contributed by atoms with Crippen molar-refractivity contribution in [2.24, 2.45) is 0 Å². The Labute approximate surface area is 154 Å². The van der Waals surface area contributed by atoms with Crippen LogP contribution in [0.3, 0.4) is 0 Å². The number of anilines is 1. The van der Waals surface area contributed by atoms with Crippen molar-refractivity contribution in [3.63, 3.8) is 0 Å². The number of nitrogens with zero attached hydrogens (tertiary/aromatic N) is 2. The fourth-order valence-electron chi connectivity index (χ4n) is 2.69. The van der Waals surface area contributed by atoms with Gasteiger partial charge in [-0.3, -0.25) is 4.79 Å². The van der Waals surface area contributed by atoms with Crippen LogP contribution in [0, 0.1) is 11.6 Å². The first-order valence-electron chi connectivity index (χ1n) is 7.89. The summed E-state index contributed by atoms with van der Waals surface area (Å²) in [4.78, 5) is 16.9. The minimum atomic E-state index is -0.896. The van der Waals surface area contributed by atoms with Gasteiger partial charge in [0.25, 0.3) is 0 Å². The van der Waals surface area contributed by atoms with Gasteiger partial charge in [0.05, 0.1) is 5.75 Å². The van der Waals surface area contributed by atoms with Crippen molar-refractivity contribution < 1.29 is 13.6 Å². The van der Waals surface area contributed by atoms with Crippen LogP contribution in [0.5, 0.6) is 0 Å². The Hall–Kier alpha value is -1.79. The molecule has 3 nitrogen and oxygen atoms in total. The Morgan fingerprint density at radius 2 is 1.80 bits per heavy atom. The van der Waals surface area contributed by atoms with E-state index >= 15 is 0 Å². The van der Waals surface area contributed by atoms with Gasteiger partial charge in [-0.05, 0) is 36.4 Å². The van der Waals surface area contributed by atoms with E-state index < -0.39 is 11.6 Å². The molecular formula is C18H17ClF2N2OS. The highest BCUT2D eigenvalue weighted by Crippen LogP contribution is 2.23. The molecule has 0 aliphatic carbocycles. The average Bonchev–Trinajstić information content (AvgIpc) is 2.62. The molecule has 25 heavy (non-hydrogen) atoms. The molecule has 1 saturated heterocycles. The molecule has 0 aromatic heterocycles. The zero-order valence-corrected chi connectivity index (χ0v) is 15.0. The van der Waals surface area contributed by atoms with E-state index in [1.165, 1.54) is 17.8 Å². The van der Waals surface area contributed by atoms with Crippen LogP contribution >= 0.6 is 23.4 Å². The lowest BCUT2D eigenvalue weighted by Crippen LogP contribution is -2.49. The molecule has 2 aromatic rings. The van der Waals surface area contributed by atoms with E-state index in [1.54, 1.807) is 4.90 Å². The first-order chi connectivity index (χ1) is 12.0. The number of rotatable bonds is 4. The summed E-state index contributed by atoms with van der Waals surface area (Å²) in [6, 6.07) is 11.3. The maximum atomic E-state index is 13.2. The smallest absolute Gasteiger partial charge is 0.233 e. The number of hydrogen-bond donors (Lipinski definition) is 0. The summed E-state index contributed by atoms with van der Waals surface area (Å²) >= 11 is 7.23. The molecule has 0 N–H and O–H groups in total. The van der Waals surface area contributed by atoms with Crippen molar-refractivity contribution in [2.45, 2.75) is 4.90 Å². The van der Waals surface area contributed by atoms with Crippen LogP contribution in [-0.2, 0) is 4.79 Å². The Morgan fingerprint density at radius 1 is 1.04 bits per heavy atom. The lowest BCUT2D eigenvalue weighted by molar-refractivity contribution is -0.128. The minimum absolute atomic E-state index is 0.000442. The van der Waals surface area contributed by atoms with Gasteiger partial charge in [0.1, 0.15) is 0 Å². The number of benzene rings is 2. The highest BCUT2D eigenvalue weighted by atomic mass is 35.5. The quantitative estimate of drug-likeness (QED) is 0.745. The molecule has 0 radical (unpaired) electrons. The van der Waals surface area contributed by atoms with Crippen molar-refractivity contribution in [1.82, 2.24) is 4.90 Å². The van der Waals surface area contributed by atoms with Crippen LogP contribution in [0.25, 0.3) is 0 Å². The first-order valence-corrected chi connectivity index (χ1v) is 9.25. The Balaban J connectivity index is 1.50. The summed E-state index contributed by atoms with van der Waals surface area (Å²) in [5.74, 6) is -1.57. The van der Waals surface area contributed by atoms with Gasteiger partial charge < -0.3 is 9.80 Å². The zero-order chi connectivity index (χ0) is 17.8. The molecule has 0 unspecified atom stereocenters. The molecule has 2 aromatic carbocycles. The van der Waals surface area contributed by atoms with Crippen molar-refractivity contribution >= 4 is 35.0 Å². The number of amides is 1. The Morgan fingerprint density at radius 3 is 2.48 bits per heavy atom. The molecule has 1 aliphatic rings. The molecule has 0 atom stereocenters. The monoisotopic (exact) mass is 382 g/mol. The van der Waals surface area contributed by atoms with Gasteiger partial charge in [-0.25, -0.2) is 8.78 Å². The second-order valence-electron chi connectivity index (χ2n) is 5.71. The number of carbonyl (C=O) groups is 1. The topological polar surface area (TPSA) is 23.6 Å². The van der Waals surface area contributed by atoms with E-state index in [0.29, 0.717) is 23.0 Å². The van der Waals surface area contributed by atoms with Crippen molar-refractivity contribution in [3.05, 3.63) is 59.1 Å². The van der Waals surface area contributed by atoms with Gasteiger partial charge in [0, 0.05) is 41.8 Å². The molecule has 1 fully saturated rings. The fourth-order valence-corrected chi connectivity index (χ4v) is 3.70. The first kappa shape index (κ1) is 18.0. The minimum Gasteiger partial charge on any atom is -0.368 e. The van der Waals surface area contributed by atoms with Crippen LogP contribution in [0.15, 0.2) is 47.4 Å². The van der Waals surface area contributed by atoms with Crippen molar-refractivity contribution in [1.29, 1.82) is 0 Å². The molecule has 0 saturated carbocycles. The van der Waals surface area contributed by atoms with E-state index in [9.17, 15) is 13.6 Å². The fraction of sp³-hybridized carbons (Fsp3) is 0.278. The summed E-state index contributed by atoms with van der Waals surface area (Å²) in [5.41, 5.74) is 1.05. The van der Waals surface area contributed by atoms with Crippen LogP contribution < -0.4 is 4.90 Å². The van der Waals surface area contributed by atoms with E-state index in [2.05, 4.69) is 4.90 Å². The highest BCUT2D eigenvalue weighted by Gasteiger charge is 2.21. The molecule has 7 heteroatoms. The lowest BCUT2D eigenvalue weighted by atomic mass is 10.2. The third-order valence-electron chi connectivity index (χ3n) is 4.06. The zero-order valence-electron chi connectivity index (χ0n) is 13.4. The number of thioether (sulfide) groups is 1. The summed E-state index contributed by atoms with van der Waals surface area (Å²) < 4.78 is 26.1. The van der Waals surface area contributed by atoms with Gasteiger partial charge in [-0.1, -0.05) is 17.7 Å². The third kappa shape index (κ3) is 4.64. The molecular weight excluding hydrogens is 366 g/mol. The maximum absolute atomic E-state index is 13.2. The second-order valence-corrected chi connectivity index (χ2v) is 7.20. The van der Waals surface area contributed by atoms with Crippen LogP contribution in [-0.4, -0.2) is 42.7 Å². The second kappa shape index (κ2) is 8.06. The molecule has 1 amide bonds. The largest absolute Gasteiger partial charge is 0.368 e. The van der Waals surface area contributed by atoms with Crippen molar-refractivity contribution in [3.8, 4) is 0 Å². The summed E-state index contributed by atoms with van der Waals surface area (Å²) in [6.45, 7) is 2.73. The lowest BCUT2D eigenvalue weighted by Gasteiger charge is -2.36. The van der Waals surface area contributed by atoms with Gasteiger partial charge in [0.15, 0.2) is 11.6 Å². The molecule has 1 aliphatic heterocycles. The van der Waals surface area contributed by atoms with Crippen LogP contribution in [0.2, 0.25) is 5.02 Å². The average molecular weight is 383 g/mol. The molecule has 132 valence electrons. The SMILES string of the molecule is O=C(CSc1ccc(F)c(F)c1)N1CCN(c2cccc(Cl)c2)CC1. The van der Waals surface area contributed by atoms with Crippen LogP contribution in [0.4, 0.5) is 14.5 Å². The number of piperazine rings is 1. The van der Waals surface area contributed by atoms with E-state index in [1.807, 2.05) is 24.3 Å². The van der Waals surface area contributed by atoms with E-state index in [0.717, 1.165) is 30.9 Å². The number of halogens is 3. The van der Waals surface area contributed by atoms with Gasteiger partial charge in [0.2, 0.25) is 5.91 Å². The summed E-state index contributed by atoms with van der Waals surface area (Å²) in [7, 11) is 0. The predicted octanol–water partition coefficient (Wildman–Crippen LogP) is 4.06. The normalized spacial score (nSPS) is 14.7. The number of carbonyl (C=O) groups excluding carboxylic acids is 1. The maximum Gasteiger partial charge on any atom is 0.233 e. The van der Waals surface area contributed by atoms with E-state index in [-0.39, 0.29) is 11.7 Å². The molecule has 0 bridgehead atoms. The number of hydrogen-bond acceptors (Lipinski definition) is 3. The standard InChI is InChI=1S/C18H17ClF2N2OS/c19-13-2-1-3-14(10-13)22-6-8-23(9-7-22)18(24)12-25-15-4-5-16(20)17(21)11-15/h1-5,10-11H,6-9,12H2. The molecule has 0 spiro atoms. The third-order valence-corrected chi connectivity index (χ3v) is 5.27. The predicted molar refractivity (Wildman–Crippen MR) is 97.3 cm³/mol. The van der Waals surface area contributed by atoms with Gasteiger partial charge in [-0.2, -0.15) is 0 Å². The van der Waals surface area contributed by atoms with Gasteiger partial charge >= 0.3 is 0 Å². The highest BCUT2D eigenvalue weighted by molar-refractivity contribution is 8.00. The Bertz CT molecular complexity index is 766. The summed E-state index contributed by atoms with van der Waals surface area (Å²) in [6.07, 6.45) is 0. The molecule has 1 heterocycles. The Kier molecular flexibility index (Phi) is 5.81. The summed E-state index contributed by atoms with van der Waals surface area (Å²) in [5, 5.41) is 0.693. The van der Waals surface area contributed by atoms with Crippen LogP contribution in [0.1, 0.15) is 0 Å². The van der Waals surface area contributed by atoms with Crippen molar-refractivity contribution in [2.75, 3.05) is 36.8 Å². The van der Waals surface area contributed by atoms with Gasteiger partial charge in [-0.15, -0.1) is 11.8 Å². The molecule has 3 rings (SSSR count).